The fourth-order valence-electron chi connectivity index (χ4n) is 3.33. The van der Waals surface area contributed by atoms with Crippen LogP contribution in [0.1, 0.15) is 15.9 Å². The van der Waals surface area contributed by atoms with E-state index in [4.69, 9.17) is 0 Å². The Balaban J connectivity index is 1.88. The monoisotopic (exact) mass is 324 g/mol. The van der Waals surface area contributed by atoms with E-state index in [1.54, 1.807) is 17.3 Å². The van der Waals surface area contributed by atoms with Crippen LogP contribution in [-0.4, -0.2) is 52.0 Å². The zero-order valence-electron chi connectivity index (χ0n) is 12.7. The van der Waals surface area contributed by atoms with Crippen molar-refractivity contribution < 1.29 is 17.9 Å². The zero-order valence-corrected chi connectivity index (χ0v) is 13.5. The van der Waals surface area contributed by atoms with Crippen molar-refractivity contribution in [3.05, 3.63) is 29.3 Å². The summed E-state index contributed by atoms with van der Waals surface area (Å²) in [5.74, 6) is 0.350. The van der Waals surface area contributed by atoms with Crippen molar-refractivity contribution in [1.29, 1.82) is 0 Å². The van der Waals surface area contributed by atoms with Gasteiger partial charge in [0.2, 0.25) is 10.0 Å². The summed E-state index contributed by atoms with van der Waals surface area (Å²) in [5, 5.41) is 3.30. The number of esters is 1. The highest BCUT2D eigenvalue weighted by Crippen LogP contribution is 2.31. The topological polar surface area (TPSA) is 75.7 Å². The predicted octanol–water partition coefficient (Wildman–Crippen LogP) is 0.622. The minimum atomic E-state index is -3.51. The SMILES string of the molecule is COC(=O)c1ccc(S(=O)(=O)N2C[C@H]3CNC[C@H]3C2)c(C)c1. The van der Waals surface area contributed by atoms with Crippen molar-refractivity contribution in [1.82, 2.24) is 9.62 Å². The molecule has 0 spiro atoms. The fourth-order valence-corrected chi connectivity index (χ4v) is 5.09. The van der Waals surface area contributed by atoms with Gasteiger partial charge < -0.3 is 10.1 Å². The molecule has 1 N–H and O–H groups in total. The van der Waals surface area contributed by atoms with Gasteiger partial charge in [0, 0.05) is 13.1 Å². The molecule has 3 rings (SSSR count). The summed E-state index contributed by atoms with van der Waals surface area (Å²) in [7, 11) is -2.20. The van der Waals surface area contributed by atoms with Crippen molar-refractivity contribution in [3.63, 3.8) is 0 Å². The first kappa shape index (κ1) is 15.5. The quantitative estimate of drug-likeness (QED) is 0.825. The van der Waals surface area contributed by atoms with Crippen LogP contribution in [0.25, 0.3) is 0 Å². The van der Waals surface area contributed by atoms with Gasteiger partial charge in [-0.05, 0) is 55.6 Å². The van der Waals surface area contributed by atoms with Crippen LogP contribution in [0, 0.1) is 18.8 Å². The average Bonchev–Trinajstić information content (AvgIpc) is 3.07. The van der Waals surface area contributed by atoms with Crippen LogP contribution in [-0.2, 0) is 14.8 Å². The number of benzene rings is 1. The number of sulfonamides is 1. The zero-order chi connectivity index (χ0) is 15.9. The van der Waals surface area contributed by atoms with Crippen LogP contribution >= 0.6 is 0 Å². The van der Waals surface area contributed by atoms with Crippen molar-refractivity contribution >= 4 is 16.0 Å². The summed E-state index contributed by atoms with van der Waals surface area (Å²) in [5.41, 5.74) is 0.930. The molecule has 0 radical (unpaired) electrons. The molecule has 2 aliphatic rings. The molecule has 2 fully saturated rings. The lowest BCUT2D eigenvalue weighted by Gasteiger charge is -2.19. The lowest BCUT2D eigenvalue weighted by Crippen LogP contribution is -2.32. The standard InChI is InChI=1S/C15H20N2O4S/c1-10-5-11(15(18)21-2)3-4-14(10)22(19,20)17-8-12-6-16-7-13(12)9-17/h3-5,12-13,16H,6-9H2,1-2H3/t12-,13+. The Hall–Kier alpha value is -1.44. The van der Waals surface area contributed by atoms with Crippen LogP contribution in [0.15, 0.2) is 23.1 Å². The molecule has 0 unspecified atom stereocenters. The summed E-state index contributed by atoms with van der Waals surface area (Å²) in [6.45, 7) is 4.61. The van der Waals surface area contributed by atoms with Gasteiger partial charge in [-0.25, -0.2) is 13.2 Å². The number of aryl methyl sites for hydroxylation is 1. The Morgan fingerprint density at radius 1 is 1.27 bits per heavy atom. The number of hydrogen-bond acceptors (Lipinski definition) is 5. The molecular formula is C15H20N2O4S. The normalized spacial score (nSPS) is 25.2. The van der Waals surface area contributed by atoms with Gasteiger partial charge in [-0.1, -0.05) is 0 Å². The van der Waals surface area contributed by atoms with E-state index in [9.17, 15) is 13.2 Å². The number of ether oxygens (including phenoxy) is 1. The van der Waals surface area contributed by atoms with E-state index in [1.165, 1.54) is 19.2 Å². The number of methoxy groups -OCH3 is 1. The molecule has 0 aromatic heterocycles. The molecule has 0 saturated carbocycles. The lowest BCUT2D eigenvalue weighted by molar-refractivity contribution is 0.0600. The second kappa shape index (κ2) is 5.64. The number of nitrogens with zero attached hydrogens (tertiary/aromatic N) is 1. The van der Waals surface area contributed by atoms with Gasteiger partial charge in [-0.15, -0.1) is 0 Å². The van der Waals surface area contributed by atoms with E-state index >= 15 is 0 Å². The molecule has 2 aliphatic heterocycles. The van der Waals surface area contributed by atoms with E-state index in [2.05, 4.69) is 10.1 Å². The van der Waals surface area contributed by atoms with E-state index < -0.39 is 16.0 Å². The maximum absolute atomic E-state index is 12.8. The molecule has 2 saturated heterocycles. The molecule has 0 amide bonds. The van der Waals surface area contributed by atoms with Gasteiger partial charge in [0.1, 0.15) is 0 Å². The highest BCUT2D eigenvalue weighted by Gasteiger charge is 2.41. The van der Waals surface area contributed by atoms with Crippen molar-refractivity contribution in [2.45, 2.75) is 11.8 Å². The summed E-state index contributed by atoms with van der Waals surface area (Å²) in [6.07, 6.45) is 0. The third-order valence-corrected chi connectivity index (χ3v) is 6.56. The van der Waals surface area contributed by atoms with Crippen LogP contribution < -0.4 is 5.32 Å². The molecule has 7 heteroatoms. The number of nitrogens with one attached hydrogen (secondary N) is 1. The predicted molar refractivity (Wildman–Crippen MR) is 81.1 cm³/mol. The fraction of sp³-hybridized carbons (Fsp3) is 0.533. The number of carbonyl (C=O) groups is 1. The van der Waals surface area contributed by atoms with Crippen LogP contribution in [0.3, 0.4) is 0 Å². The Morgan fingerprint density at radius 2 is 1.91 bits per heavy atom. The van der Waals surface area contributed by atoms with E-state index in [0.717, 1.165) is 13.1 Å². The molecule has 2 atom stereocenters. The lowest BCUT2D eigenvalue weighted by atomic mass is 10.0. The Morgan fingerprint density at radius 3 is 2.45 bits per heavy atom. The van der Waals surface area contributed by atoms with Crippen LogP contribution in [0.4, 0.5) is 0 Å². The molecule has 0 bridgehead atoms. The number of rotatable bonds is 3. The Labute approximate surface area is 130 Å². The third-order valence-electron chi connectivity index (χ3n) is 4.57. The highest BCUT2D eigenvalue weighted by molar-refractivity contribution is 7.89. The minimum Gasteiger partial charge on any atom is -0.465 e. The first-order valence-corrected chi connectivity index (χ1v) is 8.77. The number of carbonyl (C=O) groups excluding carboxylic acids is 1. The van der Waals surface area contributed by atoms with Crippen LogP contribution in [0.2, 0.25) is 0 Å². The van der Waals surface area contributed by atoms with E-state index in [0.29, 0.717) is 36.1 Å². The molecule has 120 valence electrons. The molecular weight excluding hydrogens is 304 g/mol. The van der Waals surface area contributed by atoms with Crippen molar-refractivity contribution in [3.8, 4) is 0 Å². The molecule has 22 heavy (non-hydrogen) atoms. The third kappa shape index (κ3) is 2.53. The van der Waals surface area contributed by atoms with Crippen LogP contribution in [0.5, 0.6) is 0 Å². The maximum Gasteiger partial charge on any atom is 0.337 e. The summed E-state index contributed by atoms with van der Waals surface area (Å²) in [6, 6.07) is 4.57. The Kier molecular flexibility index (Phi) is 3.96. The minimum absolute atomic E-state index is 0.271. The Bertz CT molecular complexity index is 689. The largest absolute Gasteiger partial charge is 0.465 e. The molecule has 1 aromatic rings. The maximum atomic E-state index is 12.8. The molecule has 2 heterocycles. The summed E-state index contributed by atoms with van der Waals surface area (Å²) in [4.78, 5) is 11.8. The summed E-state index contributed by atoms with van der Waals surface area (Å²) >= 11 is 0. The van der Waals surface area contributed by atoms with Gasteiger partial charge in [-0.3, -0.25) is 0 Å². The summed E-state index contributed by atoms with van der Waals surface area (Å²) < 4.78 is 31.9. The van der Waals surface area contributed by atoms with Gasteiger partial charge in [0.05, 0.1) is 17.6 Å². The average molecular weight is 324 g/mol. The second-order valence-electron chi connectivity index (χ2n) is 5.97. The van der Waals surface area contributed by atoms with Gasteiger partial charge >= 0.3 is 5.97 Å². The first-order valence-electron chi connectivity index (χ1n) is 7.33. The second-order valence-corrected chi connectivity index (χ2v) is 7.88. The highest BCUT2D eigenvalue weighted by atomic mass is 32.2. The first-order chi connectivity index (χ1) is 10.4. The van der Waals surface area contributed by atoms with Crippen molar-refractivity contribution in [2.75, 3.05) is 33.3 Å². The van der Waals surface area contributed by atoms with Gasteiger partial charge in [0.25, 0.3) is 0 Å². The van der Waals surface area contributed by atoms with E-state index in [-0.39, 0.29) is 4.90 Å². The smallest absolute Gasteiger partial charge is 0.337 e. The molecule has 6 nitrogen and oxygen atoms in total. The molecule has 1 aromatic carbocycles. The van der Waals surface area contributed by atoms with Gasteiger partial charge in [0.15, 0.2) is 0 Å². The molecule has 0 aliphatic carbocycles. The number of fused-ring (bicyclic) bond motifs is 1. The van der Waals surface area contributed by atoms with Crippen molar-refractivity contribution in [2.24, 2.45) is 11.8 Å². The van der Waals surface area contributed by atoms with Gasteiger partial charge in [-0.2, -0.15) is 4.31 Å². The number of hydrogen-bond donors (Lipinski definition) is 1. The van der Waals surface area contributed by atoms with E-state index in [1.807, 2.05) is 0 Å².